The molecule has 0 aliphatic rings. The maximum Gasteiger partial charge on any atom is 0.442 e. The van der Waals surface area contributed by atoms with E-state index in [1.807, 2.05) is 0 Å². The van der Waals surface area contributed by atoms with Gasteiger partial charge in [-0.1, -0.05) is 29.5 Å². The second-order valence-electron chi connectivity index (χ2n) is 10.7. The maximum absolute atomic E-state index is 13.4. The quantitative estimate of drug-likeness (QED) is 0.328. The van der Waals surface area contributed by atoms with Crippen molar-refractivity contribution in [1.29, 1.82) is 0 Å². The molecule has 1 atom stereocenters. The van der Waals surface area contributed by atoms with Gasteiger partial charge in [0.05, 0.1) is 27.3 Å². The number of rotatable bonds is 5. The van der Waals surface area contributed by atoms with Gasteiger partial charge in [0.15, 0.2) is 5.01 Å². The van der Waals surface area contributed by atoms with Crippen LogP contribution in [0.4, 0.5) is 25.4 Å². The lowest BCUT2D eigenvalue weighted by molar-refractivity contribution is 0.0603. The van der Waals surface area contributed by atoms with Crippen LogP contribution in [-0.2, 0) is 19.2 Å². The summed E-state index contributed by atoms with van der Waals surface area (Å²) >= 11 is 0.803. The summed E-state index contributed by atoms with van der Waals surface area (Å²) in [6.07, 6.45) is 0.740. The molecular formula is C27H31FN4O6S2. The van der Waals surface area contributed by atoms with E-state index in [9.17, 15) is 23.0 Å². The van der Waals surface area contributed by atoms with Crippen molar-refractivity contribution < 1.29 is 32.5 Å². The van der Waals surface area contributed by atoms with E-state index in [0.717, 1.165) is 11.3 Å². The molecule has 3 amide bonds. The minimum absolute atomic E-state index is 0.0561. The average Bonchev–Trinajstić information content (AvgIpc) is 3.29. The number of hydrogen-bond acceptors (Lipinski definition) is 8. The Balaban J connectivity index is 1.91. The number of ether oxygens (including phenoxy) is 2. The van der Waals surface area contributed by atoms with Gasteiger partial charge in [0.1, 0.15) is 21.2 Å². The number of halogens is 1. The van der Waals surface area contributed by atoms with Crippen LogP contribution in [0.3, 0.4) is 0 Å². The third-order valence-electron chi connectivity index (χ3n) is 4.78. The van der Waals surface area contributed by atoms with Crippen molar-refractivity contribution in [2.45, 2.75) is 57.0 Å². The molecule has 2 aromatic carbocycles. The Labute approximate surface area is 236 Å². The van der Waals surface area contributed by atoms with Gasteiger partial charge in [-0.25, -0.2) is 23.2 Å². The fourth-order valence-corrected chi connectivity index (χ4v) is 5.35. The minimum atomic E-state index is -3.23. The molecule has 0 aliphatic carbocycles. The summed E-state index contributed by atoms with van der Waals surface area (Å²) in [6.45, 7) is 10.1. The van der Waals surface area contributed by atoms with E-state index in [-0.39, 0.29) is 20.6 Å². The molecule has 0 saturated carbocycles. The molecule has 2 N–H and O–H groups in total. The van der Waals surface area contributed by atoms with Crippen molar-refractivity contribution in [3.05, 3.63) is 59.5 Å². The number of nitrogens with one attached hydrogen (secondary N) is 2. The van der Waals surface area contributed by atoms with Crippen LogP contribution in [0.25, 0.3) is 11.1 Å². The van der Waals surface area contributed by atoms with E-state index in [2.05, 4.69) is 20.0 Å². The molecule has 0 saturated heterocycles. The molecule has 1 aromatic heterocycles. The predicted octanol–water partition coefficient (Wildman–Crippen LogP) is 6.94. The first-order chi connectivity index (χ1) is 18.4. The Morgan fingerprint density at radius 3 is 2.10 bits per heavy atom. The molecule has 0 fully saturated rings. The van der Waals surface area contributed by atoms with Crippen molar-refractivity contribution in [2.75, 3.05) is 16.9 Å². The van der Waals surface area contributed by atoms with Crippen LogP contribution in [-0.4, -0.2) is 44.7 Å². The predicted molar refractivity (Wildman–Crippen MR) is 153 cm³/mol. The van der Waals surface area contributed by atoms with Gasteiger partial charge in [-0.3, -0.25) is 10.1 Å². The minimum Gasteiger partial charge on any atom is -0.444 e. The molecule has 1 unspecified atom stereocenters. The third kappa shape index (κ3) is 8.85. The molecule has 13 heteroatoms. The molecule has 1 heterocycles. The standard InChI is InChI=1S/C27H31FN4O6S2/c1-26(2,3)37-24(34)31-19-13-10-17(16-8-11-18(28)12-9-16)14-20(19)30-22(33)23-29-15-21(39-23)40(7,36)32-25(35)38-27(4,5)6/h8-15H,1-7H3,(H,30,33)(H,31,34). The fraction of sp³-hybridized carbons (Fsp3) is 0.333. The number of carbonyl (C=O) groups excluding carboxylic acids is 3. The van der Waals surface area contributed by atoms with Crippen molar-refractivity contribution in [1.82, 2.24) is 4.98 Å². The van der Waals surface area contributed by atoms with Crippen LogP contribution < -0.4 is 10.6 Å². The van der Waals surface area contributed by atoms with E-state index in [4.69, 9.17) is 9.47 Å². The SMILES string of the molecule is CC(C)(C)OC(=O)N=S(C)(=O)c1cnc(C(=O)Nc2cc(-c3ccc(F)cc3)ccc2NC(=O)OC(C)(C)C)s1. The third-order valence-corrected chi connectivity index (χ3v) is 8.09. The highest BCUT2D eigenvalue weighted by atomic mass is 32.2. The van der Waals surface area contributed by atoms with Gasteiger partial charge in [0.2, 0.25) is 0 Å². The lowest BCUT2D eigenvalue weighted by Gasteiger charge is -2.21. The second kappa shape index (κ2) is 11.7. The summed E-state index contributed by atoms with van der Waals surface area (Å²) in [7, 11) is -3.23. The first-order valence-corrected chi connectivity index (χ1v) is 14.8. The summed E-state index contributed by atoms with van der Waals surface area (Å²) < 4.78 is 40.7. The van der Waals surface area contributed by atoms with Crippen LogP contribution >= 0.6 is 11.3 Å². The molecule has 0 radical (unpaired) electrons. The lowest BCUT2D eigenvalue weighted by Crippen LogP contribution is -2.27. The van der Waals surface area contributed by atoms with E-state index in [0.29, 0.717) is 11.1 Å². The zero-order valence-corrected chi connectivity index (χ0v) is 24.8. The van der Waals surface area contributed by atoms with Gasteiger partial charge in [0.25, 0.3) is 5.91 Å². The van der Waals surface area contributed by atoms with Crippen molar-refractivity contribution in [3.63, 3.8) is 0 Å². The molecule has 10 nitrogen and oxygen atoms in total. The van der Waals surface area contributed by atoms with Crippen LogP contribution in [0.5, 0.6) is 0 Å². The van der Waals surface area contributed by atoms with Crippen LogP contribution in [0, 0.1) is 5.82 Å². The molecule has 214 valence electrons. The fourth-order valence-electron chi connectivity index (χ4n) is 3.18. The summed E-state index contributed by atoms with van der Waals surface area (Å²) in [5.74, 6) is -1.06. The highest BCUT2D eigenvalue weighted by Gasteiger charge is 2.22. The maximum atomic E-state index is 13.4. The summed E-state index contributed by atoms with van der Waals surface area (Å²) in [5, 5.41) is 5.26. The van der Waals surface area contributed by atoms with E-state index in [1.54, 1.807) is 71.9 Å². The number of hydrogen-bond donors (Lipinski definition) is 2. The summed E-state index contributed by atoms with van der Waals surface area (Å²) in [4.78, 5) is 41.7. The molecular weight excluding hydrogens is 559 g/mol. The Hall–Kier alpha value is -3.84. The molecule has 0 spiro atoms. The second-order valence-corrected chi connectivity index (χ2v) is 14.2. The topological polar surface area (TPSA) is 136 Å². The van der Waals surface area contributed by atoms with E-state index >= 15 is 0 Å². The Kier molecular flexibility index (Phi) is 9.00. The van der Waals surface area contributed by atoms with Gasteiger partial charge >= 0.3 is 12.2 Å². The van der Waals surface area contributed by atoms with Crippen molar-refractivity contribution in [3.8, 4) is 11.1 Å². The monoisotopic (exact) mass is 590 g/mol. The van der Waals surface area contributed by atoms with Crippen molar-refractivity contribution >= 4 is 50.5 Å². The van der Waals surface area contributed by atoms with Gasteiger partial charge in [0, 0.05) is 6.26 Å². The number of carbonyl (C=O) groups is 3. The summed E-state index contributed by atoms with van der Waals surface area (Å²) in [5.41, 5.74) is 0.192. The van der Waals surface area contributed by atoms with Gasteiger partial charge in [-0.2, -0.15) is 0 Å². The zero-order chi connectivity index (χ0) is 29.9. The van der Waals surface area contributed by atoms with Crippen molar-refractivity contribution in [2.24, 2.45) is 4.36 Å². The Morgan fingerprint density at radius 2 is 1.50 bits per heavy atom. The van der Waals surface area contributed by atoms with E-state index in [1.165, 1.54) is 24.6 Å². The number of benzene rings is 2. The molecule has 3 aromatic rings. The first-order valence-electron chi connectivity index (χ1n) is 12.0. The number of aromatic nitrogens is 1. The highest BCUT2D eigenvalue weighted by Crippen LogP contribution is 2.31. The Morgan fingerprint density at radius 1 is 0.900 bits per heavy atom. The number of anilines is 2. The van der Waals surface area contributed by atoms with Gasteiger partial charge < -0.3 is 14.8 Å². The first kappa shape index (κ1) is 30.7. The van der Waals surface area contributed by atoms with Gasteiger partial charge in [-0.05, 0) is 76.9 Å². The molecule has 3 rings (SSSR count). The summed E-state index contributed by atoms with van der Waals surface area (Å²) in [6, 6.07) is 10.6. The largest absolute Gasteiger partial charge is 0.444 e. The highest BCUT2D eigenvalue weighted by molar-refractivity contribution is 7.95. The number of thiazole rings is 1. The lowest BCUT2D eigenvalue weighted by atomic mass is 10.0. The normalized spacial score (nSPS) is 13.1. The number of nitrogens with zero attached hydrogens (tertiary/aromatic N) is 2. The Bertz CT molecular complexity index is 1550. The van der Waals surface area contributed by atoms with Crippen LogP contribution in [0.15, 0.2) is 57.2 Å². The smallest absolute Gasteiger partial charge is 0.442 e. The molecule has 0 bridgehead atoms. The van der Waals surface area contributed by atoms with E-state index < -0.39 is 44.8 Å². The average molecular weight is 591 g/mol. The number of amides is 3. The molecule has 40 heavy (non-hydrogen) atoms. The van der Waals surface area contributed by atoms with Gasteiger partial charge in [-0.15, -0.1) is 4.36 Å². The van der Waals surface area contributed by atoms with Crippen LogP contribution in [0.2, 0.25) is 0 Å². The zero-order valence-electron chi connectivity index (χ0n) is 23.2. The molecule has 0 aliphatic heterocycles. The van der Waals surface area contributed by atoms with Crippen LogP contribution in [0.1, 0.15) is 51.3 Å².